The lowest BCUT2D eigenvalue weighted by atomic mass is 10.0. The van der Waals surface area contributed by atoms with E-state index in [1.54, 1.807) is 0 Å². The largest absolute Gasteiger partial charge is 0.349 e. The van der Waals surface area contributed by atoms with Gasteiger partial charge in [0.05, 0.1) is 6.04 Å². The van der Waals surface area contributed by atoms with Crippen LogP contribution in [0.4, 0.5) is 0 Å². The fourth-order valence-corrected chi connectivity index (χ4v) is 2.11. The van der Waals surface area contributed by atoms with Crippen molar-refractivity contribution in [3.63, 3.8) is 0 Å². The van der Waals surface area contributed by atoms with E-state index in [1.165, 1.54) is 5.56 Å². The quantitative estimate of drug-likeness (QED) is 0.801. The van der Waals surface area contributed by atoms with Gasteiger partial charge in [0.25, 0.3) is 0 Å². The minimum Gasteiger partial charge on any atom is -0.349 e. The van der Waals surface area contributed by atoms with Crippen LogP contribution in [0.1, 0.15) is 58.6 Å². The lowest BCUT2D eigenvalue weighted by molar-refractivity contribution is -0.121. The fourth-order valence-electron chi connectivity index (χ4n) is 2.11. The molecule has 112 valence electrons. The standard InChI is InChI=1S/C17H28N2O/c1-5-9-15(14-10-7-6-8-11-14)19-16(20)12-13-18-17(2,3)4/h6-8,10-11,15,18H,5,9,12-13H2,1-4H3,(H,19,20). The van der Waals surface area contributed by atoms with Gasteiger partial charge in [-0.15, -0.1) is 0 Å². The zero-order valence-corrected chi connectivity index (χ0v) is 13.2. The molecule has 1 rings (SSSR count). The van der Waals surface area contributed by atoms with Crippen LogP contribution in [0, 0.1) is 0 Å². The third-order valence-corrected chi connectivity index (χ3v) is 3.12. The molecule has 1 amide bonds. The zero-order chi connectivity index (χ0) is 15.0. The van der Waals surface area contributed by atoms with E-state index in [2.05, 4.69) is 50.5 Å². The predicted molar refractivity (Wildman–Crippen MR) is 84.6 cm³/mol. The first-order valence-electron chi connectivity index (χ1n) is 7.51. The van der Waals surface area contributed by atoms with Crippen molar-refractivity contribution in [2.45, 2.75) is 58.5 Å². The Balaban J connectivity index is 2.48. The fraction of sp³-hybridized carbons (Fsp3) is 0.588. The molecule has 0 saturated heterocycles. The molecule has 1 atom stereocenters. The molecular weight excluding hydrogens is 248 g/mol. The van der Waals surface area contributed by atoms with Crippen molar-refractivity contribution in [1.82, 2.24) is 10.6 Å². The lowest BCUT2D eigenvalue weighted by Gasteiger charge is -2.22. The van der Waals surface area contributed by atoms with Gasteiger partial charge in [-0.25, -0.2) is 0 Å². The molecule has 2 N–H and O–H groups in total. The molecule has 0 bridgehead atoms. The first kappa shape index (κ1) is 16.7. The average molecular weight is 276 g/mol. The SMILES string of the molecule is CCCC(NC(=O)CCNC(C)(C)C)c1ccccc1. The number of hydrogen-bond acceptors (Lipinski definition) is 2. The highest BCUT2D eigenvalue weighted by atomic mass is 16.1. The Morgan fingerprint density at radius 1 is 1.20 bits per heavy atom. The summed E-state index contributed by atoms with van der Waals surface area (Å²) in [5.41, 5.74) is 1.24. The van der Waals surface area contributed by atoms with Crippen molar-refractivity contribution in [2.75, 3.05) is 6.54 Å². The van der Waals surface area contributed by atoms with E-state index < -0.39 is 0 Å². The highest BCUT2D eigenvalue weighted by molar-refractivity contribution is 5.76. The van der Waals surface area contributed by atoms with E-state index in [1.807, 2.05) is 18.2 Å². The normalized spacial score (nSPS) is 13.0. The predicted octanol–water partition coefficient (Wildman–Crippen LogP) is 3.42. The van der Waals surface area contributed by atoms with Gasteiger partial charge < -0.3 is 10.6 Å². The Morgan fingerprint density at radius 2 is 1.85 bits per heavy atom. The van der Waals surface area contributed by atoms with Gasteiger partial charge in [-0.3, -0.25) is 4.79 Å². The number of amides is 1. The average Bonchev–Trinajstić information content (AvgIpc) is 2.38. The summed E-state index contributed by atoms with van der Waals surface area (Å²) in [5, 5.41) is 6.48. The van der Waals surface area contributed by atoms with Crippen LogP contribution in [0.5, 0.6) is 0 Å². The van der Waals surface area contributed by atoms with Crippen LogP contribution < -0.4 is 10.6 Å². The summed E-state index contributed by atoms with van der Waals surface area (Å²) < 4.78 is 0. The van der Waals surface area contributed by atoms with Crippen molar-refractivity contribution < 1.29 is 4.79 Å². The summed E-state index contributed by atoms with van der Waals surface area (Å²) in [6, 6.07) is 10.3. The Bertz CT molecular complexity index is 395. The minimum atomic E-state index is 0.0581. The molecule has 0 fully saturated rings. The van der Waals surface area contributed by atoms with Gasteiger partial charge in [0.2, 0.25) is 5.91 Å². The van der Waals surface area contributed by atoms with Crippen LogP contribution >= 0.6 is 0 Å². The highest BCUT2D eigenvalue weighted by Crippen LogP contribution is 2.18. The topological polar surface area (TPSA) is 41.1 Å². The number of rotatable bonds is 7. The van der Waals surface area contributed by atoms with E-state index in [9.17, 15) is 4.79 Å². The third-order valence-electron chi connectivity index (χ3n) is 3.12. The van der Waals surface area contributed by atoms with Gasteiger partial charge >= 0.3 is 0 Å². The molecule has 1 unspecified atom stereocenters. The molecular formula is C17H28N2O. The van der Waals surface area contributed by atoms with E-state index in [4.69, 9.17) is 0 Å². The Labute approximate surface area is 123 Å². The molecule has 0 aromatic heterocycles. The molecule has 0 aliphatic rings. The molecule has 0 saturated carbocycles. The maximum Gasteiger partial charge on any atom is 0.221 e. The van der Waals surface area contributed by atoms with Gasteiger partial charge in [-0.1, -0.05) is 43.7 Å². The van der Waals surface area contributed by atoms with Gasteiger partial charge in [-0.2, -0.15) is 0 Å². The molecule has 0 radical (unpaired) electrons. The van der Waals surface area contributed by atoms with Crippen LogP contribution in [0.25, 0.3) is 0 Å². The Kier molecular flexibility index (Phi) is 6.73. The van der Waals surface area contributed by atoms with Crippen LogP contribution in [0.2, 0.25) is 0 Å². The second-order valence-corrected chi connectivity index (χ2v) is 6.25. The highest BCUT2D eigenvalue weighted by Gasteiger charge is 2.14. The molecule has 3 nitrogen and oxygen atoms in total. The first-order valence-corrected chi connectivity index (χ1v) is 7.51. The van der Waals surface area contributed by atoms with Crippen LogP contribution in [0.3, 0.4) is 0 Å². The van der Waals surface area contributed by atoms with E-state index in [0.29, 0.717) is 13.0 Å². The van der Waals surface area contributed by atoms with Crippen LogP contribution in [0.15, 0.2) is 30.3 Å². The van der Waals surface area contributed by atoms with Gasteiger partial charge in [0.1, 0.15) is 0 Å². The van der Waals surface area contributed by atoms with Crippen molar-refractivity contribution in [1.29, 1.82) is 0 Å². The molecule has 1 aromatic rings. The van der Waals surface area contributed by atoms with Gasteiger partial charge in [-0.05, 0) is 32.8 Å². The van der Waals surface area contributed by atoms with Crippen molar-refractivity contribution >= 4 is 5.91 Å². The monoisotopic (exact) mass is 276 g/mol. The number of nitrogens with one attached hydrogen (secondary N) is 2. The molecule has 1 aromatic carbocycles. The summed E-state index contributed by atoms with van der Waals surface area (Å²) in [4.78, 5) is 12.0. The summed E-state index contributed by atoms with van der Waals surface area (Å²) in [5.74, 6) is 0.115. The molecule has 20 heavy (non-hydrogen) atoms. The number of benzene rings is 1. The van der Waals surface area contributed by atoms with Crippen LogP contribution in [-0.4, -0.2) is 18.0 Å². The smallest absolute Gasteiger partial charge is 0.221 e. The van der Waals surface area contributed by atoms with E-state index in [-0.39, 0.29) is 17.5 Å². The number of carbonyl (C=O) groups is 1. The second-order valence-electron chi connectivity index (χ2n) is 6.25. The molecule has 0 heterocycles. The van der Waals surface area contributed by atoms with Gasteiger partial charge in [0.15, 0.2) is 0 Å². The second kappa shape index (κ2) is 8.05. The lowest BCUT2D eigenvalue weighted by Crippen LogP contribution is -2.39. The van der Waals surface area contributed by atoms with Crippen molar-refractivity contribution in [3.8, 4) is 0 Å². The third kappa shape index (κ3) is 6.71. The maximum absolute atomic E-state index is 12.0. The van der Waals surface area contributed by atoms with Crippen molar-refractivity contribution in [3.05, 3.63) is 35.9 Å². The Hall–Kier alpha value is -1.35. The van der Waals surface area contributed by atoms with E-state index in [0.717, 1.165) is 12.8 Å². The number of carbonyl (C=O) groups excluding carboxylic acids is 1. The molecule has 3 heteroatoms. The maximum atomic E-state index is 12.0. The molecule has 0 aliphatic heterocycles. The summed E-state index contributed by atoms with van der Waals surface area (Å²) in [6.45, 7) is 9.17. The minimum absolute atomic E-state index is 0.0581. The van der Waals surface area contributed by atoms with Gasteiger partial charge in [0, 0.05) is 18.5 Å². The first-order chi connectivity index (χ1) is 9.42. The summed E-state index contributed by atoms with van der Waals surface area (Å²) >= 11 is 0. The Morgan fingerprint density at radius 3 is 2.40 bits per heavy atom. The number of hydrogen-bond donors (Lipinski definition) is 2. The van der Waals surface area contributed by atoms with E-state index >= 15 is 0 Å². The zero-order valence-electron chi connectivity index (χ0n) is 13.2. The summed E-state index contributed by atoms with van der Waals surface area (Å²) in [7, 11) is 0. The molecule has 0 spiro atoms. The molecule has 0 aliphatic carbocycles. The summed E-state index contributed by atoms with van der Waals surface area (Å²) in [6.07, 6.45) is 2.55. The van der Waals surface area contributed by atoms with Crippen LogP contribution in [-0.2, 0) is 4.79 Å². The van der Waals surface area contributed by atoms with Crippen molar-refractivity contribution in [2.24, 2.45) is 0 Å².